The van der Waals surface area contributed by atoms with Crippen molar-refractivity contribution in [1.82, 2.24) is 5.43 Å². The SMILES string of the molecule is COc1cc(C(C)=NNC(=O)C(=O)Nc2cc(C(F)(F)F)ccc2Cl)ccc1OC(=O)c1ccccc1OC. The molecule has 39 heavy (non-hydrogen) atoms. The number of halogens is 4. The van der Waals surface area contributed by atoms with Crippen molar-refractivity contribution in [2.75, 3.05) is 19.5 Å². The molecule has 0 radical (unpaired) electrons. The minimum atomic E-state index is -4.67. The van der Waals surface area contributed by atoms with E-state index in [4.69, 9.17) is 25.8 Å². The maximum atomic E-state index is 12.9. The number of nitrogens with one attached hydrogen (secondary N) is 2. The Hall–Kier alpha value is -4.58. The molecule has 3 rings (SSSR count). The first-order valence-corrected chi connectivity index (χ1v) is 11.4. The minimum Gasteiger partial charge on any atom is -0.496 e. The zero-order valence-electron chi connectivity index (χ0n) is 20.7. The molecular formula is C26H21ClF3N3O6. The van der Waals surface area contributed by atoms with E-state index in [-0.39, 0.29) is 27.8 Å². The van der Waals surface area contributed by atoms with Crippen LogP contribution in [0.3, 0.4) is 0 Å². The number of carbonyl (C=O) groups excluding carboxylic acids is 3. The van der Waals surface area contributed by atoms with Gasteiger partial charge in [-0.2, -0.15) is 18.3 Å². The molecule has 9 nitrogen and oxygen atoms in total. The fourth-order valence-electron chi connectivity index (χ4n) is 3.17. The molecule has 204 valence electrons. The van der Waals surface area contributed by atoms with Gasteiger partial charge in [-0.3, -0.25) is 9.59 Å². The van der Waals surface area contributed by atoms with Crippen LogP contribution in [0, 0.1) is 0 Å². The number of hydrazone groups is 1. The predicted octanol–water partition coefficient (Wildman–Crippen LogP) is 5.07. The smallest absolute Gasteiger partial charge is 0.416 e. The molecule has 2 N–H and O–H groups in total. The number of ether oxygens (including phenoxy) is 3. The number of esters is 1. The monoisotopic (exact) mass is 563 g/mol. The van der Waals surface area contributed by atoms with Crippen molar-refractivity contribution < 1.29 is 41.8 Å². The van der Waals surface area contributed by atoms with Gasteiger partial charge in [0.15, 0.2) is 11.5 Å². The molecule has 0 heterocycles. The number of methoxy groups -OCH3 is 2. The molecule has 0 aliphatic carbocycles. The number of hydrogen-bond donors (Lipinski definition) is 2. The van der Waals surface area contributed by atoms with Crippen LogP contribution < -0.4 is 25.0 Å². The van der Waals surface area contributed by atoms with Crippen LogP contribution in [0.2, 0.25) is 5.02 Å². The molecule has 3 aromatic rings. The predicted molar refractivity (Wildman–Crippen MR) is 136 cm³/mol. The van der Waals surface area contributed by atoms with Gasteiger partial charge >= 0.3 is 24.0 Å². The molecule has 13 heteroatoms. The Kier molecular flexibility index (Phi) is 9.15. The van der Waals surface area contributed by atoms with Crippen molar-refractivity contribution in [2.45, 2.75) is 13.1 Å². The van der Waals surface area contributed by atoms with E-state index in [9.17, 15) is 27.6 Å². The fraction of sp³-hybridized carbons (Fsp3) is 0.154. The Balaban J connectivity index is 1.70. The van der Waals surface area contributed by atoms with Gasteiger partial charge in [0, 0.05) is 5.56 Å². The first-order valence-electron chi connectivity index (χ1n) is 11.0. The Morgan fingerprint density at radius 3 is 2.23 bits per heavy atom. The van der Waals surface area contributed by atoms with E-state index in [0.717, 1.165) is 12.1 Å². The van der Waals surface area contributed by atoms with Crippen LogP contribution in [0.25, 0.3) is 0 Å². The fourth-order valence-corrected chi connectivity index (χ4v) is 3.34. The largest absolute Gasteiger partial charge is 0.496 e. The highest BCUT2D eigenvalue weighted by atomic mass is 35.5. The summed E-state index contributed by atoms with van der Waals surface area (Å²) in [6.45, 7) is 1.51. The zero-order chi connectivity index (χ0) is 28.7. The lowest BCUT2D eigenvalue weighted by molar-refractivity contribution is -0.137. The zero-order valence-corrected chi connectivity index (χ0v) is 21.4. The van der Waals surface area contributed by atoms with Crippen LogP contribution in [-0.4, -0.2) is 37.7 Å². The first kappa shape index (κ1) is 29.0. The molecule has 0 saturated heterocycles. The van der Waals surface area contributed by atoms with Crippen LogP contribution in [0.15, 0.2) is 65.8 Å². The molecule has 0 aromatic heterocycles. The van der Waals surface area contributed by atoms with E-state index in [2.05, 4.69) is 5.10 Å². The van der Waals surface area contributed by atoms with E-state index in [0.29, 0.717) is 17.4 Å². The van der Waals surface area contributed by atoms with Gasteiger partial charge in [-0.05, 0) is 55.5 Å². The van der Waals surface area contributed by atoms with E-state index in [1.165, 1.54) is 39.3 Å². The van der Waals surface area contributed by atoms with Gasteiger partial charge < -0.3 is 19.5 Å². The van der Waals surface area contributed by atoms with Gasteiger partial charge in [0.05, 0.1) is 36.2 Å². The normalized spacial score (nSPS) is 11.4. The summed E-state index contributed by atoms with van der Waals surface area (Å²) in [6, 6.07) is 13.3. The molecule has 0 spiro atoms. The van der Waals surface area contributed by atoms with Gasteiger partial charge in [0.2, 0.25) is 0 Å². The molecule has 0 aliphatic heterocycles. The van der Waals surface area contributed by atoms with Crippen molar-refractivity contribution in [3.8, 4) is 17.2 Å². The van der Waals surface area contributed by atoms with E-state index < -0.39 is 35.2 Å². The third-order valence-corrected chi connectivity index (χ3v) is 5.51. The van der Waals surface area contributed by atoms with Gasteiger partial charge in [-0.25, -0.2) is 10.2 Å². The van der Waals surface area contributed by atoms with Crippen molar-refractivity contribution in [3.63, 3.8) is 0 Å². The number of rotatable bonds is 7. The number of hydrogen-bond acceptors (Lipinski definition) is 7. The maximum absolute atomic E-state index is 12.9. The number of benzene rings is 3. The van der Waals surface area contributed by atoms with Crippen LogP contribution in [0.4, 0.5) is 18.9 Å². The first-order chi connectivity index (χ1) is 18.4. The van der Waals surface area contributed by atoms with Crippen LogP contribution in [0.1, 0.15) is 28.4 Å². The summed E-state index contributed by atoms with van der Waals surface area (Å²) in [4.78, 5) is 37.0. The van der Waals surface area contributed by atoms with Crippen LogP contribution in [0.5, 0.6) is 17.2 Å². The van der Waals surface area contributed by atoms with Crippen molar-refractivity contribution in [2.24, 2.45) is 5.10 Å². The maximum Gasteiger partial charge on any atom is 0.416 e. The Labute approximate surface area is 225 Å². The second-order valence-electron chi connectivity index (χ2n) is 7.74. The molecule has 0 unspecified atom stereocenters. The summed E-state index contributed by atoms with van der Waals surface area (Å²) in [5.74, 6) is -2.61. The average molecular weight is 564 g/mol. The molecular weight excluding hydrogens is 543 g/mol. The van der Waals surface area contributed by atoms with Gasteiger partial charge in [0.25, 0.3) is 0 Å². The van der Waals surface area contributed by atoms with Crippen molar-refractivity contribution in [3.05, 3.63) is 82.4 Å². The quantitative estimate of drug-likeness (QED) is 0.136. The lowest BCUT2D eigenvalue weighted by atomic mass is 10.1. The second kappa shape index (κ2) is 12.3. The molecule has 0 fully saturated rings. The number of anilines is 1. The van der Waals surface area contributed by atoms with Gasteiger partial charge in [0.1, 0.15) is 11.3 Å². The summed E-state index contributed by atoms with van der Waals surface area (Å²) in [5, 5.41) is 5.67. The molecule has 0 atom stereocenters. The minimum absolute atomic E-state index is 0.103. The molecule has 0 saturated carbocycles. The Bertz CT molecular complexity index is 1440. The van der Waals surface area contributed by atoms with Crippen LogP contribution >= 0.6 is 11.6 Å². The lowest BCUT2D eigenvalue weighted by Crippen LogP contribution is -2.33. The van der Waals surface area contributed by atoms with E-state index in [1.807, 2.05) is 10.7 Å². The summed E-state index contributed by atoms with van der Waals surface area (Å²) < 4.78 is 54.7. The Morgan fingerprint density at radius 1 is 0.872 bits per heavy atom. The highest BCUT2D eigenvalue weighted by Crippen LogP contribution is 2.34. The molecule has 0 aliphatic rings. The summed E-state index contributed by atoms with van der Waals surface area (Å²) >= 11 is 5.83. The molecule has 0 bridgehead atoms. The third kappa shape index (κ3) is 7.26. The van der Waals surface area contributed by atoms with Crippen LogP contribution in [-0.2, 0) is 15.8 Å². The Morgan fingerprint density at radius 2 is 1.56 bits per heavy atom. The number of carbonyl (C=O) groups is 3. The standard InChI is InChI=1S/C26H21ClF3N3O6/c1-14(32-33-24(35)23(34)31-19-13-16(26(28,29)30)9-10-18(19)27)15-8-11-21(22(12-15)38-3)39-25(36)17-6-4-5-7-20(17)37-2/h4-13H,1-3H3,(H,31,34)(H,33,35). The van der Waals surface area contributed by atoms with Gasteiger partial charge in [-0.15, -0.1) is 0 Å². The highest BCUT2D eigenvalue weighted by Gasteiger charge is 2.31. The third-order valence-electron chi connectivity index (χ3n) is 5.18. The number of para-hydroxylation sites is 1. The summed E-state index contributed by atoms with van der Waals surface area (Å²) in [5.41, 5.74) is 1.44. The molecule has 3 aromatic carbocycles. The van der Waals surface area contributed by atoms with Gasteiger partial charge in [-0.1, -0.05) is 23.7 Å². The van der Waals surface area contributed by atoms with E-state index >= 15 is 0 Å². The summed E-state index contributed by atoms with van der Waals surface area (Å²) in [7, 11) is 2.78. The van der Waals surface area contributed by atoms with Crippen molar-refractivity contribution in [1.29, 1.82) is 0 Å². The lowest BCUT2D eigenvalue weighted by Gasteiger charge is -2.12. The topological polar surface area (TPSA) is 115 Å². The number of nitrogens with zero attached hydrogens (tertiary/aromatic N) is 1. The highest BCUT2D eigenvalue weighted by molar-refractivity contribution is 6.41. The summed E-state index contributed by atoms with van der Waals surface area (Å²) in [6.07, 6.45) is -4.67. The molecule has 2 amide bonds. The second-order valence-corrected chi connectivity index (χ2v) is 8.15. The van der Waals surface area contributed by atoms with Crippen molar-refractivity contribution >= 4 is 40.8 Å². The average Bonchev–Trinajstić information content (AvgIpc) is 2.92. The van der Waals surface area contributed by atoms with E-state index in [1.54, 1.807) is 24.3 Å². The number of amides is 2. The number of alkyl halides is 3.